The van der Waals surface area contributed by atoms with Crippen molar-refractivity contribution in [3.63, 3.8) is 0 Å². The normalized spacial score (nSPS) is 13.6. The van der Waals surface area contributed by atoms with Crippen LogP contribution < -0.4 is 0 Å². The molecule has 0 saturated heterocycles. The zero-order valence-electron chi connectivity index (χ0n) is 8.16. The maximum atomic E-state index is 10.5. The molecule has 0 amide bonds. The van der Waals surface area contributed by atoms with E-state index < -0.39 is 41.9 Å². The van der Waals surface area contributed by atoms with Gasteiger partial charge in [-0.25, -0.2) is 0 Å². The predicted molar refractivity (Wildman–Crippen MR) is 51.9 cm³/mol. The minimum absolute atomic E-state index is 0.448. The Morgan fingerprint density at radius 3 is 0.812 bits per heavy atom. The zero-order chi connectivity index (χ0) is 13.4. The van der Waals surface area contributed by atoms with Crippen molar-refractivity contribution in [1.82, 2.24) is 0 Å². The number of carbonyl (C=O) groups excluding carboxylic acids is 7. The molecule has 7 nitrogen and oxygen atoms in total. The fraction of sp³-hybridized carbons (Fsp3) is 0.125. The third-order valence-corrected chi connectivity index (χ3v) is 5.61. The number of carbonyl (C=O) groups is 6. The Morgan fingerprint density at radius 1 is 0.688 bits per heavy atom. The van der Waals surface area contributed by atoms with E-state index in [1.54, 1.807) is 0 Å². The van der Waals surface area contributed by atoms with E-state index in [4.69, 9.17) is 4.79 Å². The van der Waals surface area contributed by atoms with E-state index in [9.17, 15) is 28.8 Å². The fourth-order valence-electron chi connectivity index (χ4n) is 0.278. The van der Waals surface area contributed by atoms with Crippen molar-refractivity contribution in [1.29, 1.82) is 0 Å². The quantitative estimate of drug-likeness (QED) is 0.539. The molecule has 0 unspecified atom stereocenters. The minimum atomic E-state index is -5.95. The van der Waals surface area contributed by atoms with Crippen molar-refractivity contribution < 1.29 is 44.1 Å². The first-order valence-electron chi connectivity index (χ1n) is 3.27. The molecule has 0 aromatic rings. The van der Waals surface area contributed by atoms with Crippen LogP contribution in [0.5, 0.6) is 0 Å². The maximum absolute atomic E-state index is 10.5. The van der Waals surface area contributed by atoms with Gasteiger partial charge >= 0.3 is 70.6 Å². The van der Waals surface area contributed by atoms with Crippen LogP contribution in [0.2, 0.25) is 0 Å². The Morgan fingerprint density at radius 2 is 0.812 bits per heavy atom. The van der Waals surface area contributed by atoms with Gasteiger partial charge in [-0.05, 0) is 0 Å². The second-order valence-corrected chi connectivity index (χ2v) is 9.02. The third-order valence-electron chi connectivity index (χ3n) is 1.36. The molecule has 8 heteroatoms. The van der Waals surface area contributed by atoms with Gasteiger partial charge in [0.1, 0.15) is 0 Å². The van der Waals surface area contributed by atoms with Crippen LogP contribution in [-0.2, 0) is 44.1 Å². The first kappa shape index (κ1) is 16.6. The Hall–Kier alpha value is -1.80. The SMILES string of the molecule is C[C]=O.O=[CH][Co]([CH]=O)([CH]=O)([CH]=O)([CH]=O)[CH]=O. The van der Waals surface area contributed by atoms with Gasteiger partial charge in [0.2, 0.25) is 0 Å². The van der Waals surface area contributed by atoms with E-state index in [0.717, 1.165) is 0 Å². The molecule has 0 saturated carbocycles. The molecule has 0 atom stereocenters. The van der Waals surface area contributed by atoms with Gasteiger partial charge in [-0.3, -0.25) is 4.79 Å². The molecule has 0 aliphatic rings. The van der Waals surface area contributed by atoms with Crippen LogP contribution in [0.15, 0.2) is 0 Å². The summed E-state index contributed by atoms with van der Waals surface area (Å²) in [6, 6.07) is 0. The fourth-order valence-corrected chi connectivity index (χ4v) is 1.15. The summed E-state index contributed by atoms with van der Waals surface area (Å²) in [6.07, 6.45) is 1.50. The summed E-state index contributed by atoms with van der Waals surface area (Å²) in [6.45, 7) is 1.32. The molecule has 0 rings (SSSR count). The van der Waals surface area contributed by atoms with E-state index in [1.807, 2.05) is 0 Å². The van der Waals surface area contributed by atoms with E-state index in [-0.39, 0.29) is 0 Å². The third kappa shape index (κ3) is 1.92. The Balaban J connectivity index is 0. The second-order valence-electron chi connectivity index (χ2n) is 2.34. The monoisotopic (exact) mass is 276 g/mol. The van der Waals surface area contributed by atoms with Crippen LogP contribution in [0.3, 0.4) is 0 Å². The molecule has 0 aromatic carbocycles. The van der Waals surface area contributed by atoms with Crippen molar-refractivity contribution in [2.45, 2.75) is 6.92 Å². The number of hydrogen-bond acceptors (Lipinski definition) is 7. The topological polar surface area (TPSA) is 119 Å². The molecule has 16 heavy (non-hydrogen) atoms. The summed E-state index contributed by atoms with van der Waals surface area (Å²) >= 11 is 0. The molecule has 0 bridgehead atoms. The van der Waals surface area contributed by atoms with E-state index in [1.165, 1.54) is 13.2 Å². The average Bonchev–Trinajstić information content (AvgIpc) is 2.37. The molecular weight excluding hydrogens is 267 g/mol. The van der Waals surface area contributed by atoms with Crippen LogP contribution in [0, 0.1) is 0 Å². The summed E-state index contributed by atoms with van der Waals surface area (Å²) < 4.78 is 0. The molecule has 0 N–H and O–H groups in total. The molecule has 0 aliphatic carbocycles. The molecule has 0 aliphatic heterocycles. The van der Waals surface area contributed by atoms with Crippen LogP contribution in [-0.4, -0.2) is 37.6 Å². The summed E-state index contributed by atoms with van der Waals surface area (Å²) in [7, 11) is -5.95. The van der Waals surface area contributed by atoms with Crippen LogP contribution in [0.25, 0.3) is 0 Å². The molecule has 0 aromatic heterocycles. The average molecular weight is 276 g/mol. The first-order valence-corrected chi connectivity index (χ1v) is 6.88. The van der Waals surface area contributed by atoms with E-state index >= 15 is 0 Å². The van der Waals surface area contributed by atoms with Gasteiger partial charge in [-0.2, -0.15) is 0 Å². The predicted octanol–water partition coefficient (Wildman–Crippen LogP) is -1.53. The number of rotatable bonds is 6. The van der Waals surface area contributed by atoms with Crippen molar-refractivity contribution in [2.75, 3.05) is 0 Å². The molecule has 92 valence electrons. The molecule has 1 radical (unpaired) electrons. The van der Waals surface area contributed by atoms with E-state index in [2.05, 4.69) is 0 Å². The van der Waals surface area contributed by atoms with Crippen LogP contribution in [0.1, 0.15) is 6.92 Å². The molecule has 0 spiro atoms. The van der Waals surface area contributed by atoms with Gasteiger partial charge in [0, 0.05) is 6.92 Å². The van der Waals surface area contributed by atoms with Crippen molar-refractivity contribution in [3.05, 3.63) is 0 Å². The van der Waals surface area contributed by atoms with Crippen LogP contribution >= 0.6 is 0 Å². The Labute approximate surface area is 89.1 Å². The molecule has 0 fully saturated rings. The Bertz CT molecular complexity index is 273. The van der Waals surface area contributed by atoms with Crippen molar-refractivity contribution in [3.8, 4) is 0 Å². The van der Waals surface area contributed by atoms with Gasteiger partial charge in [0.15, 0.2) is 6.29 Å². The van der Waals surface area contributed by atoms with Gasteiger partial charge in [0.25, 0.3) is 0 Å². The molecular formula is C8H9CoO7. The summed E-state index contributed by atoms with van der Waals surface area (Å²) in [5.41, 5.74) is 0. The standard InChI is InChI=1S/C2H3O.6CHO.Co/c1-2-3;6*1-2;/h1H3;6*1H;. The zero-order valence-corrected chi connectivity index (χ0v) is 9.20. The Kier molecular flexibility index (Phi) is 5.00. The van der Waals surface area contributed by atoms with Crippen molar-refractivity contribution >= 4 is 37.6 Å². The van der Waals surface area contributed by atoms with Gasteiger partial charge < -0.3 is 0 Å². The number of hydrogen-bond donors (Lipinski definition) is 0. The van der Waals surface area contributed by atoms with Gasteiger partial charge in [-0.15, -0.1) is 0 Å². The van der Waals surface area contributed by atoms with Crippen molar-refractivity contribution in [2.24, 2.45) is 0 Å². The van der Waals surface area contributed by atoms with Gasteiger partial charge in [0.05, 0.1) is 0 Å². The first-order chi connectivity index (χ1) is 7.39. The van der Waals surface area contributed by atoms with Crippen LogP contribution in [0.4, 0.5) is 0 Å². The summed E-state index contributed by atoms with van der Waals surface area (Å²) in [4.78, 5) is 71.9. The van der Waals surface area contributed by atoms with Gasteiger partial charge in [-0.1, -0.05) is 0 Å². The summed E-state index contributed by atoms with van der Waals surface area (Å²) in [5, 5.41) is -2.69. The summed E-state index contributed by atoms with van der Waals surface area (Å²) in [5.74, 6) is 0. The van der Waals surface area contributed by atoms with E-state index in [0.29, 0.717) is 0 Å². The second kappa shape index (κ2) is 4.81. The molecule has 0 heterocycles.